The first-order chi connectivity index (χ1) is 14.2. The third kappa shape index (κ3) is 7.78. The summed E-state index contributed by atoms with van der Waals surface area (Å²) in [6.07, 6.45) is 2.71. The van der Waals surface area contributed by atoms with Gasteiger partial charge in [-0.2, -0.15) is 5.10 Å². The molecule has 1 atom stereocenters. The van der Waals surface area contributed by atoms with Crippen molar-refractivity contribution < 1.29 is 8.42 Å². The lowest BCUT2D eigenvalue weighted by atomic mass is 10.1. The third-order valence-electron chi connectivity index (χ3n) is 4.91. The van der Waals surface area contributed by atoms with Crippen LogP contribution in [0, 0.1) is 0 Å². The van der Waals surface area contributed by atoms with Crippen molar-refractivity contribution in [1.82, 2.24) is 20.0 Å². The van der Waals surface area contributed by atoms with Crippen molar-refractivity contribution in [2.45, 2.75) is 57.5 Å². The Balaban J connectivity index is 0.00000480. The molecule has 0 bridgehead atoms. The molecular formula is C22H36IN5O2S. The van der Waals surface area contributed by atoms with E-state index in [0.29, 0.717) is 36.3 Å². The summed E-state index contributed by atoms with van der Waals surface area (Å²) in [5.74, 6) is 1.05. The molecule has 0 aliphatic heterocycles. The maximum Gasteiger partial charge on any atom is 0.194 e. The van der Waals surface area contributed by atoms with Gasteiger partial charge in [0, 0.05) is 45.0 Å². The molecule has 1 aromatic carbocycles. The van der Waals surface area contributed by atoms with Gasteiger partial charge >= 0.3 is 0 Å². The Morgan fingerprint density at radius 3 is 2.42 bits per heavy atom. The molecular weight excluding hydrogens is 525 g/mol. The van der Waals surface area contributed by atoms with Crippen molar-refractivity contribution in [2.75, 3.05) is 19.3 Å². The number of nitrogens with zero attached hydrogens (tertiary/aromatic N) is 4. The van der Waals surface area contributed by atoms with Crippen molar-refractivity contribution in [3.05, 3.63) is 47.8 Å². The number of guanidine groups is 1. The van der Waals surface area contributed by atoms with E-state index in [4.69, 9.17) is 0 Å². The number of hydrogen-bond donors (Lipinski definition) is 1. The van der Waals surface area contributed by atoms with Crippen LogP contribution in [0.1, 0.15) is 51.3 Å². The van der Waals surface area contributed by atoms with Gasteiger partial charge in [0.15, 0.2) is 15.8 Å². The summed E-state index contributed by atoms with van der Waals surface area (Å²) in [5, 5.41) is 7.95. The Morgan fingerprint density at radius 1 is 1.23 bits per heavy atom. The molecule has 1 aromatic heterocycles. The fourth-order valence-electron chi connectivity index (χ4n) is 3.35. The molecule has 0 fully saturated rings. The van der Waals surface area contributed by atoms with E-state index in [1.54, 1.807) is 24.3 Å². The lowest BCUT2D eigenvalue weighted by molar-refractivity contribution is 0.456. The van der Waals surface area contributed by atoms with Crippen molar-refractivity contribution in [2.24, 2.45) is 12.0 Å². The molecule has 0 saturated heterocycles. The van der Waals surface area contributed by atoms with Crippen LogP contribution >= 0.6 is 24.0 Å². The third-order valence-corrected chi connectivity index (χ3v) is 6.74. The number of aromatic nitrogens is 2. The number of halogens is 1. The number of hydrogen-bond acceptors (Lipinski definition) is 4. The van der Waals surface area contributed by atoms with Gasteiger partial charge in [-0.1, -0.05) is 39.0 Å². The van der Waals surface area contributed by atoms with Crippen molar-refractivity contribution in [3.8, 4) is 0 Å². The van der Waals surface area contributed by atoms with Gasteiger partial charge < -0.3 is 10.2 Å². The number of sulfone groups is 1. The number of rotatable bonds is 9. The number of aliphatic imine (C=N–C) groups is 1. The summed E-state index contributed by atoms with van der Waals surface area (Å²) in [7, 11) is 0.515. The minimum Gasteiger partial charge on any atom is -0.352 e. The number of aryl methyl sites for hydroxylation is 1. The van der Waals surface area contributed by atoms with E-state index in [0.717, 1.165) is 11.3 Å². The van der Waals surface area contributed by atoms with Gasteiger partial charge in [-0.3, -0.25) is 9.67 Å². The van der Waals surface area contributed by atoms with Crippen molar-refractivity contribution in [1.29, 1.82) is 0 Å². The Kier molecular flexibility index (Phi) is 11.0. The molecule has 0 spiro atoms. The van der Waals surface area contributed by atoms with Gasteiger partial charge in [-0.05, 0) is 31.4 Å². The zero-order chi connectivity index (χ0) is 22.3. The first kappa shape index (κ1) is 27.4. The summed E-state index contributed by atoms with van der Waals surface area (Å²) in [5.41, 5.74) is 2.21. The largest absolute Gasteiger partial charge is 0.352 e. The van der Waals surface area contributed by atoms with Crippen LogP contribution in [-0.4, -0.2) is 54.4 Å². The second kappa shape index (κ2) is 12.4. The van der Waals surface area contributed by atoms with E-state index < -0.39 is 9.84 Å². The summed E-state index contributed by atoms with van der Waals surface area (Å²) < 4.78 is 27.5. The van der Waals surface area contributed by atoms with Gasteiger partial charge in [0.1, 0.15) is 0 Å². The van der Waals surface area contributed by atoms with Gasteiger partial charge in [-0.25, -0.2) is 8.42 Å². The number of nitrogens with one attached hydrogen (secondary N) is 1. The molecule has 2 aromatic rings. The van der Waals surface area contributed by atoms with Gasteiger partial charge in [0.05, 0.1) is 16.3 Å². The minimum atomic E-state index is -3.38. The van der Waals surface area contributed by atoms with Crippen LogP contribution in [0.15, 0.2) is 46.4 Å². The first-order valence-electron chi connectivity index (χ1n) is 10.5. The van der Waals surface area contributed by atoms with Crippen molar-refractivity contribution in [3.63, 3.8) is 0 Å². The molecule has 0 amide bonds. The lowest BCUT2D eigenvalue weighted by Crippen LogP contribution is -2.46. The Hall–Kier alpha value is -1.62. The molecule has 1 unspecified atom stereocenters. The van der Waals surface area contributed by atoms with E-state index in [-0.39, 0.29) is 35.8 Å². The molecule has 1 N–H and O–H groups in total. The Bertz CT molecular complexity index is 942. The first-order valence-corrected chi connectivity index (χ1v) is 12.1. The highest BCUT2D eigenvalue weighted by Gasteiger charge is 2.22. The Labute approximate surface area is 204 Å². The highest BCUT2D eigenvalue weighted by molar-refractivity contribution is 14.0. The predicted molar refractivity (Wildman–Crippen MR) is 138 cm³/mol. The van der Waals surface area contributed by atoms with Crippen LogP contribution in [-0.2, 0) is 23.4 Å². The average molecular weight is 562 g/mol. The van der Waals surface area contributed by atoms with E-state index in [9.17, 15) is 8.42 Å². The molecule has 0 aliphatic carbocycles. The Morgan fingerprint density at radius 2 is 1.87 bits per heavy atom. The smallest absolute Gasteiger partial charge is 0.194 e. The molecule has 2 rings (SSSR count). The minimum absolute atomic E-state index is 0. The molecule has 174 valence electrons. The second-order valence-corrected chi connectivity index (χ2v) is 9.90. The van der Waals surface area contributed by atoms with Crippen LogP contribution in [0.2, 0.25) is 0 Å². The van der Waals surface area contributed by atoms with Gasteiger partial charge in [-0.15, -0.1) is 24.0 Å². The van der Waals surface area contributed by atoms with Crippen molar-refractivity contribution >= 4 is 39.8 Å². The lowest BCUT2D eigenvalue weighted by Gasteiger charge is -2.27. The zero-order valence-electron chi connectivity index (χ0n) is 19.4. The van der Waals surface area contributed by atoms with E-state index in [1.165, 1.54) is 0 Å². The molecule has 31 heavy (non-hydrogen) atoms. The predicted octanol–water partition coefficient (Wildman–Crippen LogP) is 3.81. The molecule has 7 nitrogen and oxygen atoms in total. The van der Waals surface area contributed by atoms with Gasteiger partial charge in [0.25, 0.3) is 0 Å². The zero-order valence-corrected chi connectivity index (χ0v) is 22.5. The topological polar surface area (TPSA) is 79.6 Å². The fourth-order valence-corrected chi connectivity index (χ4v) is 4.97. The summed E-state index contributed by atoms with van der Waals surface area (Å²) in [4.78, 5) is 6.98. The molecule has 0 radical (unpaired) electrons. The molecule has 9 heteroatoms. The SMILES string of the molecule is CCN=C(NC(CC)CS(=O)(=O)c1ccccc1)N(C)Cc1cn(C)nc1C(C)C.I. The molecule has 1 heterocycles. The van der Waals surface area contributed by atoms with Crippen LogP contribution in [0.3, 0.4) is 0 Å². The quantitative estimate of drug-likeness (QED) is 0.286. The monoisotopic (exact) mass is 561 g/mol. The molecule has 0 saturated carbocycles. The number of benzene rings is 1. The van der Waals surface area contributed by atoms with Crippen LogP contribution in [0.25, 0.3) is 0 Å². The summed E-state index contributed by atoms with van der Waals surface area (Å²) in [6.45, 7) is 9.48. The highest BCUT2D eigenvalue weighted by atomic mass is 127. The van der Waals surface area contributed by atoms with Gasteiger partial charge in [0.2, 0.25) is 0 Å². The van der Waals surface area contributed by atoms with Crippen LogP contribution in [0.4, 0.5) is 0 Å². The van der Waals surface area contributed by atoms with E-state index in [1.807, 2.05) is 49.8 Å². The normalized spacial score (nSPS) is 13.1. The highest BCUT2D eigenvalue weighted by Crippen LogP contribution is 2.19. The molecule has 0 aliphatic rings. The maximum absolute atomic E-state index is 12.8. The standard InChI is InChI=1S/C22H35N5O2S.HI/c1-7-19(16-30(28,29)20-12-10-9-11-13-20)24-22(23-8-2)26(5)14-18-15-27(6)25-21(18)17(3)4;/h9-13,15,17,19H,7-8,14,16H2,1-6H3,(H,23,24);1H. The summed E-state index contributed by atoms with van der Waals surface area (Å²) in [6, 6.07) is 8.37. The average Bonchev–Trinajstić information content (AvgIpc) is 3.07. The van der Waals surface area contributed by atoms with E-state index in [2.05, 4.69) is 29.3 Å². The van der Waals surface area contributed by atoms with Crippen LogP contribution < -0.4 is 5.32 Å². The summed E-state index contributed by atoms with van der Waals surface area (Å²) >= 11 is 0. The van der Waals surface area contributed by atoms with Crippen LogP contribution in [0.5, 0.6) is 0 Å². The van der Waals surface area contributed by atoms with E-state index >= 15 is 0 Å². The fraction of sp³-hybridized carbons (Fsp3) is 0.545. The second-order valence-electron chi connectivity index (χ2n) is 7.87. The maximum atomic E-state index is 12.8.